The highest BCUT2D eigenvalue weighted by molar-refractivity contribution is 5.25. The van der Waals surface area contributed by atoms with Crippen LogP contribution in [0.4, 0.5) is 13.2 Å². The zero-order valence-electron chi connectivity index (χ0n) is 9.93. The number of hydrogen-bond donors (Lipinski definition) is 2. The van der Waals surface area contributed by atoms with E-state index < -0.39 is 11.7 Å². The Kier molecular flexibility index (Phi) is 3.64. The van der Waals surface area contributed by atoms with Crippen molar-refractivity contribution in [3.05, 3.63) is 35.4 Å². The normalized spacial score (nSPS) is 24.4. The Morgan fingerprint density at radius 3 is 2.33 bits per heavy atom. The highest BCUT2D eigenvalue weighted by Crippen LogP contribution is 2.32. The molecule has 0 radical (unpaired) electrons. The van der Waals surface area contributed by atoms with E-state index in [2.05, 4.69) is 5.32 Å². The molecule has 1 aromatic rings. The van der Waals surface area contributed by atoms with Crippen LogP contribution in [0.3, 0.4) is 0 Å². The largest absolute Gasteiger partial charge is 0.416 e. The van der Waals surface area contributed by atoms with E-state index in [1.54, 1.807) is 0 Å². The number of benzene rings is 1. The third-order valence-corrected chi connectivity index (χ3v) is 3.53. The van der Waals surface area contributed by atoms with Crippen molar-refractivity contribution in [2.75, 3.05) is 19.7 Å². The molecule has 0 bridgehead atoms. The minimum Gasteiger partial charge on any atom is -0.396 e. The van der Waals surface area contributed by atoms with E-state index in [4.69, 9.17) is 0 Å². The molecule has 2 nitrogen and oxygen atoms in total. The Balaban J connectivity index is 2.11. The summed E-state index contributed by atoms with van der Waals surface area (Å²) < 4.78 is 37.2. The van der Waals surface area contributed by atoms with E-state index in [-0.39, 0.29) is 12.0 Å². The number of nitrogens with one attached hydrogen (secondary N) is 1. The minimum absolute atomic E-state index is 0.0566. The zero-order valence-corrected chi connectivity index (χ0v) is 9.93. The van der Waals surface area contributed by atoms with E-state index in [0.717, 1.165) is 30.7 Å². The van der Waals surface area contributed by atoms with Gasteiger partial charge in [0, 0.05) is 12.0 Å². The molecule has 100 valence electrons. The first-order valence-corrected chi connectivity index (χ1v) is 5.93. The van der Waals surface area contributed by atoms with Crippen LogP contribution in [0.1, 0.15) is 17.5 Å². The summed E-state index contributed by atoms with van der Waals surface area (Å²) in [7, 11) is 0. The molecule has 1 aliphatic heterocycles. The van der Waals surface area contributed by atoms with E-state index in [1.165, 1.54) is 12.1 Å². The molecule has 0 saturated carbocycles. The van der Waals surface area contributed by atoms with Crippen LogP contribution in [0.25, 0.3) is 0 Å². The maximum absolute atomic E-state index is 12.4. The predicted octanol–water partition coefficient (Wildman–Crippen LogP) is 2.22. The van der Waals surface area contributed by atoms with Gasteiger partial charge in [-0.05, 0) is 37.1 Å². The van der Waals surface area contributed by atoms with Gasteiger partial charge in [-0.15, -0.1) is 0 Å². The standard InChI is InChI=1S/C13H16F3NO/c14-13(15,16)11-3-1-10(2-4-11)7-12(9-18)5-6-17-8-12/h1-4,17-18H,5-9H2. The average molecular weight is 259 g/mol. The number of alkyl halides is 3. The van der Waals surface area contributed by atoms with Crippen molar-refractivity contribution in [1.82, 2.24) is 5.32 Å². The predicted molar refractivity (Wildman–Crippen MR) is 62.2 cm³/mol. The fourth-order valence-electron chi connectivity index (χ4n) is 2.38. The molecule has 1 aromatic carbocycles. The van der Waals surface area contributed by atoms with Gasteiger partial charge in [0.05, 0.1) is 12.2 Å². The number of aliphatic hydroxyl groups is 1. The van der Waals surface area contributed by atoms with Gasteiger partial charge in [-0.2, -0.15) is 13.2 Å². The van der Waals surface area contributed by atoms with Crippen LogP contribution in [0, 0.1) is 5.41 Å². The molecule has 1 saturated heterocycles. The third kappa shape index (κ3) is 2.84. The molecule has 5 heteroatoms. The Labute approximate surface area is 104 Å². The molecule has 1 fully saturated rings. The third-order valence-electron chi connectivity index (χ3n) is 3.53. The number of hydrogen-bond acceptors (Lipinski definition) is 2. The Morgan fingerprint density at radius 2 is 1.89 bits per heavy atom. The summed E-state index contributed by atoms with van der Waals surface area (Å²) in [6, 6.07) is 5.20. The summed E-state index contributed by atoms with van der Waals surface area (Å²) in [6.45, 7) is 1.62. The molecular formula is C13H16F3NO. The van der Waals surface area contributed by atoms with Crippen molar-refractivity contribution in [2.24, 2.45) is 5.41 Å². The Hall–Kier alpha value is -1.07. The molecule has 2 N–H and O–H groups in total. The van der Waals surface area contributed by atoms with Crippen LogP contribution in [0.5, 0.6) is 0 Å². The van der Waals surface area contributed by atoms with E-state index in [1.807, 2.05) is 0 Å². The second-order valence-electron chi connectivity index (χ2n) is 4.96. The molecule has 2 rings (SSSR count). The molecule has 1 aliphatic rings. The van der Waals surface area contributed by atoms with Gasteiger partial charge in [-0.1, -0.05) is 12.1 Å². The first kappa shape index (κ1) is 13.4. The van der Waals surface area contributed by atoms with Gasteiger partial charge in [0.1, 0.15) is 0 Å². The first-order valence-electron chi connectivity index (χ1n) is 5.93. The molecule has 0 aliphatic carbocycles. The van der Waals surface area contributed by atoms with Gasteiger partial charge in [0.25, 0.3) is 0 Å². The van der Waals surface area contributed by atoms with Crippen LogP contribution in [0.15, 0.2) is 24.3 Å². The molecule has 18 heavy (non-hydrogen) atoms. The van der Waals surface area contributed by atoms with Crippen molar-refractivity contribution in [2.45, 2.75) is 19.0 Å². The van der Waals surface area contributed by atoms with E-state index in [0.29, 0.717) is 13.0 Å². The number of rotatable bonds is 3. The monoisotopic (exact) mass is 259 g/mol. The molecule has 0 spiro atoms. The summed E-state index contributed by atoms with van der Waals surface area (Å²) in [4.78, 5) is 0. The highest BCUT2D eigenvalue weighted by atomic mass is 19.4. The number of aliphatic hydroxyl groups excluding tert-OH is 1. The minimum atomic E-state index is -4.29. The maximum atomic E-state index is 12.4. The molecule has 1 heterocycles. The van der Waals surface area contributed by atoms with Crippen LogP contribution < -0.4 is 5.32 Å². The lowest BCUT2D eigenvalue weighted by Crippen LogP contribution is -2.30. The molecule has 1 unspecified atom stereocenters. The van der Waals surface area contributed by atoms with Gasteiger partial charge >= 0.3 is 6.18 Å². The fourth-order valence-corrected chi connectivity index (χ4v) is 2.38. The van der Waals surface area contributed by atoms with Gasteiger partial charge in [-0.25, -0.2) is 0 Å². The average Bonchev–Trinajstić information content (AvgIpc) is 2.78. The van der Waals surface area contributed by atoms with Crippen molar-refractivity contribution in [3.63, 3.8) is 0 Å². The maximum Gasteiger partial charge on any atom is 0.416 e. The summed E-state index contributed by atoms with van der Waals surface area (Å²) in [6.07, 6.45) is -2.83. The lowest BCUT2D eigenvalue weighted by Gasteiger charge is -2.25. The molecule has 1 atom stereocenters. The summed E-state index contributed by atoms with van der Waals surface area (Å²) in [5.74, 6) is 0. The Bertz CT molecular complexity index is 394. The van der Waals surface area contributed by atoms with Crippen molar-refractivity contribution >= 4 is 0 Å². The molecule has 0 amide bonds. The molecular weight excluding hydrogens is 243 g/mol. The van der Waals surface area contributed by atoms with E-state index in [9.17, 15) is 18.3 Å². The van der Waals surface area contributed by atoms with Crippen molar-refractivity contribution < 1.29 is 18.3 Å². The van der Waals surface area contributed by atoms with Crippen LogP contribution in [0.2, 0.25) is 0 Å². The van der Waals surface area contributed by atoms with Crippen molar-refractivity contribution in [3.8, 4) is 0 Å². The van der Waals surface area contributed by atoms with Crippen LogP contribution in [-0.2, 0) is 12.6 Å². The van der Waals surface area contributed by atoms with Crippen LogP contribution >= 0.6 is 0 Å². The summed E-state index contributed by atoms with van der Waals surface area (Å²) >= 11 is 0. The van der Waals surface area contributed by atoms with Gasteiger partial charge < -0.3 is 10.4 Å². The summed E-state index contributed by atoms with van der Waals surface area (Å²) in [5.41, 5.74) is -0.0191. The topological polar surface area (TPSA) is 32.3 Å². The first-order chi connectivity index (χ1) is 8.45. The quantitative estimate of drug-likeness (QED) is 0.872. The molecule has 0 aromatic heterocycles. The van der Waals surface area contributed by atoms with E-state index >= 15 is 0 Å². The van der Waals surface area contributed by atoms with Gasteiger partial charge in [0.15, 0.2) is 0 Å². The van der Waals surface area contributed by atoms with Gasteiger partial charge in [0.2, 0.25) is 0 Å². The lowest BCUT2D eigenvalue weighted by atomic mass is 9.81. The number of halogens is 3. The lowest BCUT2D eigenvalue weighted by molar-refractivity contribution is -0.137. The Morgan fingerprint density at radius 1 is 1.22 bits per heavy atom. The fraction of sp³-hybridized carbons (Fsp3) is 0.538. The van der Waals surface area contributed by atoms with Crippen LogP contribution in [-0.4, -0.2) is 24.8 Å². The van der Waals surface area contributed by atoms with Gasteiger partial charge in [-0.3, -0.25) is 0 Å². The van der Waals surface area contributed by atoms with Crippen molar-refractivity contribution in [1.29, 1.82) is 0 Å². The zero-order chi connectivity index (χ0) is 13.2. The SMILES string of the molecule is OCC1(Cc2ccc(C(F)(F)F)cc2)CCNC1. The second-order valence-corrected chi connectivity index (χ2v) is 4.96. The summed E-state index contributed by atoms with van der Waals surface area (Å²) in [5, 5.41) is 12.6. The highest BCUT2D eigenvalue weighted by Gasteiger charge is 2.34. The smallest absolute Gasteiger partial charge is 0.396 e. The second kappa shape index (κ2) is 4.90.